The minimum Gasteiger partial charge on any atom is -0.383 e. The minimum absolute atomic E-state index is 0.214. The highest BCUT2D eigenvalue weighted by Gasteiger charge is 2.31. The third kappa shape index (κ3) is 2.09. The van der Waals surface area contributed by atoms with Crippen molar-refractivity contribution >= 4 is 5.82 Å². The van der Waals surface area contributed by atoms with Crippen LogP contribution >= 0.6 is 0 Å². The first-order valence-electron chi connectivity index (χ1n) is 7.13. The van der Waals surface area contributed by atoms with Crippen molar-refractivity contribution in [3.63, 3.8) is 0 Å². The Morgan fingerprint density at radius 3 is 2.60 bits per heavy atom. The lowest BCUT2D eigenvalue weighted by atomic mass is 10.1. The van der Waals surface area contributed by atoms with Crippen LogP contribution in [0.4, 0.5) is 10.2 Å². The molecule has 0 radical (unpaired) electrons. The molecule has 0 amide bonds. The molecule has 1 aliphatic rings. The first-order valence-corrected chi connectivity index (χ1v) is 7.13. The molecule has 1 aromatic heterocycles. The van der Waals surface area contributed by atoms with Gasteiger partial charge >= 0.3 is 0 Å². The Kier molecular flexibility index (Phi) is 3.04. The number of hydrogen-bond donors (Lipinski definition) is 1. The SMILES string of the molecule is Cc1ccc(-c2nc(C3CC3)n(C(C)C)c2N)cc1F. The van der Waals surface area contributed by atoms with Gasteiger partial charge < -0.3 is 10.3 Å². The largest absolute Gasteiger partial charge is 0.383 e. The van der Waals surface area contributed by atoms with Crippen molar-refractivity contribution in [3.05, 3.63) is 35.4 Å². The fourth-order valence-electron chi connectivity index (χ4n) is 2.59. The van der Waals surface area contributed by atoms with Crippen molar-refractivity contribution in [3.8, 4) is 11.3 Å². The average molecular weight is 273 g/mol. The second-order valence-corrected chi connectivity index (χ2v) is 5.91. The molecular weight excluding hydrogens is 253 g/mol. The second-order valence-electron chi connectivity index (χ2n) is 5.91. The van der Waals surface area contributed by atoms with Crippen LogP contribution < -0.4 is 5.73 Å². The molecule has 0 unspecified atom stereocenters. The number of nitrogens with zero attached hydrogens (tertiary/aromatic N) is 2. The zero-order valence-corrected chi connectivity index (χ0v) is 12.2. The summed E-state index contributed by atoms with van der Waals surface area (Å²) < 4.78 is 15.8. The third-order valence-electron chi connectivity index (χ3n) is 3.88. The first-order chi connectivity index (χ1) is 9.49. The van der Waals surface area contributed by atoms with E-state index in [-0.39, 0.29) is 11.9 Å². The zero-order chi connectivity index (χ0) is 14.4. The molecule has 1 fully saturated rings. The standard InChI is InChI=1S/C16H20FN3/c1-9(2)20-15(18)14(19-16(20)11-6-7-11)12-5-4-10(3)13(17)8-12/h4-5,8-9,11H,6-7,18H2,1-3H3. The number of hydrogen-bond acceptors (Lipinski definition) is 2. The van der Waals surface area contributed by atoms with Gasteiger partial charge in [0.25, 0.3) is 0 Å². The van der Waals surface area contributed by atoms with Gasteiger partial charge in [0.2, 0.25) is 0 Å². The van der Waals surface area contributed by atoms with E-state index in [0.29, 0.717) is 23.0 Å². The maximum atomic E-state index is 13.8. The molecule has 0 bridgehead atoms. The highest BCUT2D eigenvalue weighted by Crippen LogP contribution is 2.43. The molecule has 106 valence electrons. The van der Waals surface area contributed by atoms with E-state index in [0.717, 1.165) is 11.4 Å². The molecule has 20 heavy (non-hydrogen) atoms. The first kappa shape index (κ1) is 13.2. The molecule has 0 atom stereocenters. The summed E-state index contributed by atoms with van der Waals surface area (Å²) in [5, 5.41) is 0. The van der Waals surface area contributed by atoms with Crippen molar-refractivity contribution in [1.29, 1.82) is 0 Å². The molecule has 0 spiro atoms. The Morgan fingerprint density at radius 2 is 2.05 bits per heavy atom. The Hall–Kier alpha value is -1.84. The van der Waals surface area contributed by atoms with Gasteiger partial charge in [-0.15, -0.1) is 0 Å². The summed E-state index contributed by atoms with van der Waals surface area (Å²) in [4.78, 5) is 4.71. The summed E-state index contributed by atoms with van der Waals surface area (Å²) in [6.07, 6.45) is 2.34. The molecule has 1 aromatic carbocycles. The monoisotopic (exact) mass is 273 g/mol. The van der Waals surface area contributed by atoms with Crippen molar-refractivity contribution in [2.45, 2.75) is 45.6 Å². The molecule has 3 rings (SSSR count). The number of anilines is 1. The quantitative estimate of drug-likeness (QED) is 0.917. The van der Waals surface area contributed by atoms with Gasteiger partial charge in [0.1, 0.15) is 23.2 Å². The highest BCUT2D eigenvalue weighted by atomic mass is 19.1. The summed E-state index contributed by atoms with van der Waals surface area (Å²) >= 11 is 0. The topological polar surface area (TPSA) is 43.8 Å². The van der Waals surface area contributed by atoms with Crippen LogP contribution in [0.1, 0.15) is 50.0 Å². The lowest BCUT2D eigenvalue weighted by molar-refractivity contribution is 0.576. The number of halogens is 1. The van der Waals surface area contributed by atoms with E-state index in [1.54, 1.807) is 13.0 Å². The van der Waals surface area contributed by atoms with Crippen molar-refractivity contribution < 1.29 is 4.39 Å². The fourth-order valence-corrected chi connectivity index (χ4v) is 2.59. The molecule has 1 heterocycles. The van der Waals surface area contributed by atoms with Gasteiger partial charge in [0, 0.05) is 17.5 Å². The summed E-state index contributed by atoms with van der Waals surface area (Å²) in [7, 11) is 0. The summed E-state index contributed by atoms with van der Waals surface area (Å²) in [5.41, 5.74) is 8.37. The van der Waals surface area contributed by atoms with Crippen LogP contribution in [0.2, 0.25) is 0 Å². The van der Waals surface area contributed by atoms with E-state index in [9.17, 15) is 4.39 Å². The second kappa shape index (κ2) is 4.62. The Balaban J connectivity index is 2.13. The summed E-state index contributed by atoms with van der Waals surface area (Å²) in [6.45, 7) is 5.96. The van der Waals surface area contributed by atoms with Gasteiger partial charge in [-0.05, 0) is 45.2 Å². The zero-order valence-electron chi connectivity index (χ0n) is 12.2. The molecule has 1 saturated carbocycles. The predicted octanol–water partition coefficient (Wildman–Crippen LogP) is 4.04. The highest BCUT2D eigenvalue weighted by molar-refractivity contribution is 5.71. The number of imidazole rings is 1. The summed E-state index contributed by atoms with van der Waals surface area (Å²) in [6, 6.07) is 5.45. The van der Waals surface area contributed by atoms with Crippen molar-refractivity contribution in [2.75, 3.05) is 5.73 Å². The Morgan fingerprint density at radius 1 is 1.35 bits per heavy atom. The molecule has 0 saturated heterocycles. The van der Waals surface area contributed by atoms with Gasteiger partial charge in [-0.2, -0.15) is 0 Å². The lowest BCUT2D eigenvalue weighted by Gasteiger charge is -2.13. The maximum absolute atomic E-state index is 13.8. The maximum Gasteiger partial charge on any atom is 0.131 e. The van der Waals surface area contributed by atoms with Gasteiger partial charge in [0.05, 0.1) is 0 Å². The molecule has 4 heteroatoms. The van der Waals surface area contributed by atoms with Crippen LogP contribution in [0.5, 0.6) is 0 Å². The number of rotatable bonds is 3. The lowest BCUT2D eigenvalue weighted by Crippen LogP contribution is -2.08. The normalized spacial score (nSPS) is 15.1. The van der Waals surface area contributed by atoms with Crippen LogP contribution in [0.25, 0.3) is 11.3 Å². The average Bonchev–Trinajstić information content (AvgIpc) is 3.16. The van der Waals surface area contributed by atoms with Gasteiger partial charge in [-0.25, -0.2) is 9.37 Å². The van der Waals surface area contributed by atoms with E-state index >= 15 is 0 Å². The number of nitrogens with two attached hydrogens (primary N) is 1. The molecular formula is C16H20FN3. The number of nitrogen functional groups attached to an aromatic ring is 1. The Bertz CT molecular complexity index is 654. The number of aromatic nitrogens is 2. The summed E-state index contributed by atoms with van der Waals surface area (Å²) in [5.74, 6) is 2.00. The third-order valence-corrected chi connectivity index (χ3v) is 3.88. The van der Waals surface area contributed by atoms with Crippen molar-refractivity contribution in [2.24, 2.45) is 0 Å². The van der Waals surface area contributed by atoms with E-state index in [2.05, 4.69) is 18.4 Å². The van der Waals surface area contributed by atoms with Crippen LogP contribution in [0, 0.1) is 12.7 Å². The van der Waals surface area contributed by atoms with E-state index in [1.165, 1.54) is 18.9 Å². The van der Waals surface area contributed by atoms with Crippen molar-refractivity contribution in [1.82, 2.24) is 9.55 Å². The molecule has 2 N–H and O–H groups in total. The molecule has 0 aliphatic heterocycles. The van der Waals surface area contributed by atoms with E-state index in [4.69, 9.17) is 10.7 Å². The molecule has 2 aromatic rings. The van der Waals surface area contributed by atoms with Gasteiger partial charge in [-0.3, -0.25) is 0 Å². The van der Waals surface area contributed by atoms with Gasteiger partial charge in [-0.1, -0.05) is 12.1 Å². The van der Waals surface area contributed by atoms with Crippen LogP contribution in [0.3, 0.4) is 0 Å². The smallest absolute Gasteiger partial charge is 0.131 e. The molecule has 1 aliphatic carbocycles. The fraction of sp³-hybridized carbons (Fsp3) is 0.438. The van der Waals surface area contributed by atoms with Crippen LogP contribution in [-0.2, 0) is 0 Å². The number of aryl methyl sites for hydroxylation is 1. The van der Waals surface area contributed by atoms with E-state index in [1.807, 2.05) is 6.07 Å². The predicted molar refractivity (Wildman–Crippen MR) is 79.1 cm³/mol. The van der Waals surface area contributed by atoms with E-state index < -0.39 is 0 Å². The number of benzene rings is 1. The minimum atomic E-state index is -0.214. The molecule has 3 nitrogen and oxygen atoms in total. The van der Waals surface area contributed by atoms with Gasteiger partial charge in [0.15, 0.2) is 0 Å². The Labute approximate surface area is 118 Å². The van der Waals surface area contributed by atoms with Crippen LogP contribution in [-0.4, -0.2) is 9.55 Å². The van der Waals surface area contributed by atoms with Crippen LogP contribution in [0.15, 0.2) is 18.2 Å².